The minimum absolute atomic E-state index is 0.0183. The molecule has 1 saturated heterocycles. The van der Waals surface area contributed by atoms with Crippen molar-refractivity contribution in [2.24, 2.45) is 0 Å². The Labute approximate surface area is 159 Å². The van der Waals surface area contributed by atoms with Crippen LogP contribution in [-0.2, 0) is 11.3 Å². The summed E-state index contributed by atoms with van der Waals surface area (Å²) in [5.41, 5.74) is -0.243. The van der Waals surface area contributed by atoms with E-state index in [2.05, 4.69) is 0 Å². The largest absolute Gasteiger partial charge is 0.451 e. The number of amides is 1. The molecule has 1 aliphatic rings. The zero-order valence-electron chi connectivity index (χ0n) is 14.5. The second kappa shape index (κ2) is 7.62. The maximum Gasteiger partial charge on any atom is 0.290 e. The molecule has 1 fully saturated rings. The fraction of sp³-hybridized carbons (Fsp3) is 0.300. The van der Waals surface area contributed by atoms with Gasteiger partial charge >= 0.3 is 0 Å². The molecule has 1 aliphatic heterocycles. The molecule has 0 spiro atoms. The molecule has 5 nitrogen and oxygen atoms in total. The van der Waals surface area contributed by atoms with Crippen LogP contribution < -0.4 is 5.43 Å². The number of halogens is 1. The number of hydrogen-bond donors (Lipinski definition) is 0. The lowest BCUT2D eigenvalue weighted by atomic mass is 10.2. The summed E-state index contributed by atoms with van der Waals surface area (Å²) >= 11 is 1.56. The van der Waals surface area contributed by atoms with Crippen LogP contribution in [0.5, 0.6) is 0 Å². The smallest absolute Gasteiger partial charge is 0.290 e. The monoisotopic (exact) mass is 387 g/mol. The number of carbonyl (C=O) groups excluding carboxylic acids is 1. The van der Waals surface area contributed by atoms with Gasteiger partial charge < -0.3 is 14.1 Å². The van der Waals surface area contributed by atoms with Gasteiger partial charge in [-0.2, -0.15) is 0 Å². The Morgan fingerprint density at radius 2 is 2.19 bits per heavy atom. The molecule has 3 heterocycles. The van der Waals surface area contributed by atoms with Crippen LogP contribution in [0.1, 0.15) is 28.3 Å². The minimum atomic E-state index is -0.522. The number of fused-ring (bicyclic) bond motifs is 1. The molecule has 0 N–H and O–H groups in total. The Bertz CT molecular complexity index is 1010. The Morgan fingerprint density at radius 3 is 2.93 bits per heavy atom. The Hall–Kier alpha value is -2.51. The zero-order chi connectivity index (χ0) is 18.8. The van der Waals surface area contributed by atoms with Crippen LogP contribution in [-0.4, -0.2) is 30.1 Å². The summed E-state index contributed by atoms with van der Waals surface area (Å²) in [6, 6.07) is 8.72. The van der Waals surface area contributed by atoms with E-state index in [0.29, 0.717) is 19.7 Å². The predicted octanol–water partition coefficient (Wildman–Crippen LogP) is 3.82. The third kappa shape index (κ3) is 3.94. The van der Waals surface area contributed by atoms with Crippen LogP contribution in [0, 0.1) is 5.82 Å². The lowest BCUT2D eigenvalue weighted by Crippen LogP contribution is -2.37. The van der Waals surface area contributed by atoms with E-state index in [-0.39, 0.29) is 28.7 Å². The number of benzene rings is 1. The standard InChI is InChI=1S/C20H18FNO4S/c21-13-5-6-18-16(9-13)17(23)10-19(26-18)20(24)22(11-14-3-1-7-25-14)12-15-4-2-8-27-15/h2,4-6,8-10,14H,1,3,7,11-12H2/t14-/m1/s1. The van der Waals surface area contributed by atoms with E-state index in [9.17, 15) is 14.0 Å². The summed E-state index contributed by atoms with van der Waals surface area (Å²) in [5, 5.41) is 2.07. The van der Waals surface area contributed by atoms with E-state index in [1.165, 1.54) is 12.1 Å². The average molecular weight is 387 g/mol. The highest BCUT2D eigenvalue weighted by atomic mass is 32.1. The first kappa shape index (κ1) is 17.9. The van der Waals surface area contributed by atoms with Crippen LogP contribution >= 0.6 is 11.3 Å². The Kier molecular flexibility index (Phi) is 5.05. The second-order valence-electron chi connectivity index (χ2n) is 6.52. The van der Waals surface area contributed by atoms with Gasteiger partial charge in [0.2, 0.25) is 0 Å². The maximum absolute atomic E-state index is 13.4. The van der Waals surface area contributed by atoms with Gasteiger partial charge in [0.1, 0.15) is 11.4 Å². The average Bonchev–Trinajstić information content (AvgIpc) is 3.35. The van der Waals surface area contributed by atoms with Crippen LogP contribution in [0.4, 0.5) is 4.39 Å². The van der Waals surface area contributed by atoms with Gasteiger partial charge in [0.25, 0.3) is 5.91 Å². The van der Waals surface area contributed by atoms with Crippen molar-refractivity contribution in [1.29, 1.82) is 0 Å². The second-order valence-corrected chi connectivity index (χ2v) is 7.55. The molecular formula is C20H18FNO4S. The molecule has 7 heteroatoms. The SMILES string of the molecule is O=C(c1cc(=O)c2cc(F)ccc2o1)N(Cc1cccs1)C[C@H]1CCCO1. The quantitative estimate of drug-likeness (QED) is 0.668. The van der Waals surface area contributed by atoms with E-state index in [1.54, 1.807) is 16.2 Å². The summed E-state index contributed by atoms with van der Waals surface area (Å²) in [6.07, 6.45) is 1.85. The van der Waals surface area contributed by atoms with Gasteiger partial charge in [0.15, 0.2) is 11.2 Å². The number of thiophene rings is 1. The Morgan fingerprint density at radius 1 is 1.30 bits per heavy atom. The highest BCUT2D eigenvalue weighted by molar-refractivity contribution is 7.09. The molecule has 1 aromatic carbocycles. The van der Waals surface area contributed by atoms with Crippen LogP contribution in [0.2, 0.25) is 0 Å². The van der Waals surface area contributed by atoms with Crippen LogP contribution in [0.3, 0.4) is 0 Å². The van der Waals surface area contributed by atoms with Gasteiger partial charge in [-0.05, 0) is 42.5 Å². The van der Waals surface area contributed by atoms with Crippen LogP contribution in [0.25, 0.3) is 11.0 Å². The maximum atomic E-state index is 13.4. The summed E-state index contributed by atoms with van der Waals surface area (Å²) in [6.45, 7) is 1.55. The molecular weight excluding hydrogens is 369 g/mol. The molecule has 140 valence electrons. The van der Waals surface area contributed by atoms with Crippen LogP contribution in [0.15, 0.2) is 51.0 Å². The number of ether oxygens (including phenoxy) is 1. The summed E-state index contributed by atoms with van der Waals surface area (Å²) in [7, 11) is 0. The van der Waals surface area contributed by atoms with Gasteiger partial charge in [-0.3, -0.25) is 9.59 Å². The van der Waals surface area contributed by atoms with E-state index in [4.69, 9.17) is 9.15 Å². The van der Waals surface area contributed by atoms with E-state index >= 15 is 0 Å². The van der Waals surface area contributed by atoms with Crippen molar-refractivity contribution in [3.63, 3.8) is 0 Å². The van der Waals surface area contributed by atoms with Gasteiger partial charge in [0.05, 0.1) is 18.0 Å². The Balaban J connectivity index is 1.66. The number of nitrogens with zero attached hydrogens (tertiary/aromatic N) is 1. The molecule has 1 atom stereocenters. The third-order valence-corrected chi connectivity index (χ3v) is 5.42. The number of carbonyl (C=O) groups is 1. The summed E-state index contributed by atoms with van der Waals surface area (Å²) in [4.78, 5) is 28.1. The van der Waals surface area contributed by atoms with Gasteiger partial charge in [0, 0.05) is 24.1 Å². The third-order valence-electron chi connectivity index (χ3n) is 4.56. The van der Waals surface area contributed by atoms with Crippen molar-refractivity contribution in [2.75, 3.05) is 13.2 Å². The first-order valence-electron chi connectivity index (χ1n) is 8.77. The van der Waals surface area contributed by atoms with E-state index in [1.807, 2.05) is 17.5 Å². The fourth-order valence-electron chi connectivity index (χ4n) is 3.23. The molecule has 1 amide bonds. The van der Waals surface area contributed by atoms with Crippen molar-refractivity contribution in [3.05, 3.63) is 68.5 Å². The molecule has 0 saturated carbocycles. The van der Waals surface area contributed by atoms with Crippen molar-refractivity contribution in [3.8, 4) is 0 Å². The topological polar surface area (TPSA) is 59.8 Å². The molecule has 0 bridgehead atoms. The molecule has 0 aliphatic carbocycles. The van der Waals surface area contributed by atoms with Crippen molar-refractivity contribution in [2.45, 2.75) is 25.5 Å². The first-order valence-corrected chi connectivity index (χ1v) is 9.65. The molecule has 4 rings (SSSR count). The summed E-state index contributed by atoms with van der Waals surface area (Å²) in [5.74, 6) is -0.942. The highest BCUT2D eigenvalue weighted by Gasteiger charge is 2.26. The lowest BCUT2D eigenvalue weighted by molar-refractivity contribution is 0.0486. The number of hydrogen-bond acceptors (Lipinski definition) is 5. The van der Waals surface area contributed by atoms with Crippen molar-refractivity contribution in [1.82, 2.24) is 4.90 Å². The van der Waals surface area contributed by atoms with Gasteiger partial charge in [-0.15, -0.1) is 11.3 Å². The molecule has 0 unspecified atom stereocenters. The molecule has 2 aromatic heterocycles. The number of rotatable bonds is 5. The first-order chi connectivity index (χ1) is 13.1. The van der Waals surface area contributed by atoms with E-state index in [0.717, 1.165) is 29.9 Å². The van der Waals surface area contributed by atoms with E-state index < -0.39 is 11.2 Å². The summed E-state index contributed by atoms with van der Waals surface area (Å²) < 4.78 is 24.7. The van der Waals surface area contributed by atoms with Crippen molar-refractivity contribution < 1.29 is 18.3 Å². The van der Waals surface area contributed by atoms with Gasteiger partial charge in [-0.25, -0.2) is 4.39 Å². The normalized spacial score (nSPS) is 16.7. The minimum Gasteiger partial charge on any atom is -0.451 e. The predicted molar refractivity (Wildman–Crippen MR) is 100 cm³/mol. The lowest BCUT2D eigenvalue weighted by Gasteiger charge is -2.24. The fourth-order valence-corrected chi connectivity index (χ4v) is 3.95. The molecule has 27 heavy (non-hydrogen) atoms. The zero-order valence-corrected chi connectivity index (χ0v) is 15.3. The van der Waals surface area contributed by atoms with Crippen molar-refractivity contribution >= 4 is 28.2 Å². The molecule has 0 radical (unpaired) electrons. The highest BCUT2D eigenvalue weighted by Crippen LogP contribution is 2.20. The molecule has 3 aromatic rings. The van der Waals surface area contributed by atoms with Gasteiger partial charge in [-0.1, -0.05) is 6.07 Å².